The first kappa shape index (κ1) is 18.5. The van der Waals surface area contributed by atoms with Crippen LogP contribution in [0.3, 0.4) is 0 Å². The molecule has 0 N–H and O–H groups in total. The first-order valence-electron chi connectivity index (χ1n) is 2.62. The fourth-order valence-corrected chi connectivity index (χ4v) is 0.571. The van der Waals surface area contributed by atoms with Gasteiger partial charge in [-0.15, -0.1) is 0 Å². The molecule has 0 atom stereocenters. The third kappa shape index (κ3) is 6.22. The van der Waals surface area contributed by atoms with Gasteiger partial charge in [-0.3, -0.25) is 0 Å². The number of rotatable bonds is 1. The fraction of sp³-hybridized carbons (Fsp3) is 0.143. The summed E-state index contributed by atoms with van der Waals surface area (Å²) in [5.41, 5.74) is 0. The molecule has 1 aromatic rings. The third-order valence-corrected chi connectivity index (χ3v) is 1.05. The van der Waals surface area contributed by atoms with E-state index >= 15 is 0 Å². The maximum atomic E-state index is 12.2. The summed E-state index contributed by atoms with van der Waals surface area (Å²) in [4.78, 5) is 0. The summed E-state index contributed by atoms with van der Waals surface area (Å²) in [5, 5.41) is 0. The Kier molecular flexibility index (Phi) is 15.0. The van der Waals surface area contributed by atoms with Crippen LogP contribution in [-0.2, 0) is 0 Å². The Labute approximate surface area is 108 Å². The van der Waals surface area contributed by atoms with E-state index in [0.717, 1.165) is 0 Å². The number of hydrogen-bond donors (Lipinski definition) is 0. The second-order valence-electron chi connectivity index (χ2n) is 1.66. The van der Waals surface area contributed by atoms with Crippen molar-refractivity contribution < 1.29 is 43.1 Å². The van der Waals surface area contributed by atoms with E-state index in [1.54, 1.807) is 19.2 Å². The van der Waals surface area contributed by atoms with Gasteiger partial charge in [0.15, 0.2) is 0 Å². The molecule has 1 rings (SSSR count). The normalized spacial score (nSPS) is 6.83. The first-order chi connectivity index (χ1) is 4.33. The molecule has 0 aliphatic heterocycles. The summed E-state index contributed by atoms with van der Waals surface area (Å²) >= 11 is 0. The number of hydrogen-bond acceptors (Lipinski definition) is 1. The third-order valence-electron chi connectivity index (χ3n) is 1.05. The van der Waals surface area contributed by atoms with Crippen LogP contribution in [0.15, 0.2) is 24.3 Å². The van der Waals surface area contributed by atoms with Crippen molar-refractivity contribution in [2.24, 2.45) is 0 Å². The number of halogens is 3. The van der Waals surface area contributed by atoms with E-state index in [-0.39, 0.29) is 62.8 Å². The molecule has 0 spiro atoms. The molecular formula is C7H7Br2FMgO. The van der Waals surface area contributed by atoms with Crippen molar-refractivity contribution in [1.82, 2.24) is 0 Å². The van der Waals surface area contributed by atoms with E-state index in [2.05, 4.69) is 0 Å². The van der Waals surface area contributed by atoms with E-state index in [1.165, 1.54) is 12.1 Å². The van der Waals surface area contributed by atoms with Gasteiger partial charge in [0.05, 0.1) is 7.11 Å². The van der Waals surface area contributed by atoms with E-state index in [0.29, 0.717) is 5.75 Å². The summed E-state index contributed by atoms with van der Waals surface area (Å²) in [6, 6.07) is 5.88. The van der Waals surface area contributed by atoms with Gasteiger partial charge in [0.1, 0.15) is 11.6 Å². The van der Waals surface area contributed by atoms with Crippen molar-refractivity contribution in [2.75, 3.05) is 7.11 Å². The molecule has 0 bridgehead atoms. The van der Waals surface area contributed by atoms with E-state index in [1.807, 2.05) is 0 Å². The van der Waals surface area contributed by atoms with Gasteiger partial charge in [0.25, 0.3) is 0 Å². The summed E-state index contributed by atoms with van der Waals surface area (Å²) in [6.07, 6.45) is 0. The maximum Gasteiger partial charge on any atom is 2.00 e. The summed E-state index contributed by atoms with van der Waals surface area (Å²) in [6.45, 7) is 0. The molecule has 5 heteroatoms. The van der Waals surface area contributed by atoms with Gasteiger partial charge in [-0.25, -0.2) is 4.39 Å². The molecule has 0 aliphatic rings. The van der Waals surface area contributed by atoms with Crippen molar-refractivity contribution in [3.05, 3.63) is 30.1 Å². The zero-order valence-corrected chi connectivity index (χ0v) is 11.1. The summed E-state index contributed by atoms with van der Waals surface area (Å²) < 4.78 is 17.0. The van der Waals surface area contributed by atoms with Crippen LogP contribution in [0.4, 0.5) is 4.39 Å². The smallest absolute Gasteiger partial charge is 1.00 e. The standard InChI is InChI=1S/C7H7FO.2BrH.Mg/c1-9-7-4-2-6(8)3-5-7;;;/h2-5H,1H3;2*1H;/q;;;+2/p-2. The summed E-state index contributed by atoms with van der Waals surface area (Å²) in [7, 11) is 1.55. The van der Waals surface area contributed by atoms with Gasteiger partial charge in [0, 0.05) is 0 Å². The Bertz CT molecular complexity index is 193. The number of benzene rings is 1. The van der Waals surface area contributed by atoms with Crippen LogP contribution in [0.5, 0.6) is 5.75 Å². The molecule has 0 saturated heterocycles. The second-order valence-corrected chi connectivity index (χ2v) is 1.66. The topological polar surface area (TPSA) is 9.23 Å². The molecule has 1 aromatic carbocycles. The van der Waals surface area contributed by atoms with Crippen LogP contribution < -0.4 is 38.7 Å². The van der Waals surface area contributed by atoms with Crippen molar-refractivity contribution in [1.29, 1.82) is 0 Å². The first-order valence-corrected chi connectivity index (χ1v) is 2.62. The van der Waals surface area contributed by atoms with Gasteiger partial charge >= 0.3 is 23.1 Å². The molecule has 0 heterocycles. The zero-order chi connectivity index (χ0) is 6.69. The number of methoxy groups -OCH3 is 1. The van der Waals surface area contributed by atoms with Crippen molar-refractivity contribution in [2.45, 2.75) is 0 Å². The molecular weight excluding hydrogens is 303 g/mol. The maximum absolute atomic E-state index is 12.2. The Morgan fingerprint density at radius 3 is 1.83 bits per heavy atom. The van der Waals surface area contributed by atoms with Crippen molar-refractivity contribution in [3.63, 3.8) is 0 Å². The Balaban J connectivity index is -0.000000270. The van der Waals surface area contributed by atoms with Crippen molar-refractivity contribution in [3.8, 4) is 5.75 Å². The van der Waals surface area contributed by atoms with Crippen LogP contribution in [0.1, 0.15) is 0 Å². The summed E-state index contributed by atoms with van der Waals surface area (Å²) in [5.74, 6) is 0.437. The van der Waals surface area contributed by atoms with E-state index < -0.39 is 0 Å². The van der Waals surface area contributed by atoms with Gasteiger partial charge in [0.2, 0.25) is 0 Å². The minimum absolute atomic E-state index is 0. The molecule has 0 aromatic heterocycles. The average molecular weight is 310 g/mol. The van der Waals surface area contributed by atoms with Crippen LogP contribution in [0.25, 0.3) is 0 Å². The largest absolute Gasteiger partial charge is 2.00 e. The molecule has 0 saturated carbocycles. The molecule has 0 unspecified atom stereocenters. The Morgan fingerprint density at radius 2 is 1.50 bits per heavy atom. The second kappa shape index (κ2) is 9.76. The van der Waals surface area contributed by atoms with E-state index in [4.69, 9.17) is 4.74 Å². The SMILES string of the molecule is COc1ccc(F)cc1.[Br-].[Br-].[Mg+2]. The predicted molar refractivity (Wildman–Crippen MR) is 38.7 cm³/mol. The minimum Gasteiger partial charge on any atom is -1.00 e. The monoisotopic (exact) mass is 308 g/mol. The van der Waals surface area contributed by atoms with E-state index in [9.17, 15) is 4.39 Å². The van der Waals surface area contributed by atoms with Gasteiger partial charge in [-0.1, -0.05) is 0 Å². The molecule has 64 valence electrons. The van der Waals surface area contributed by atoms with Gasteiger partial charge in [-0.2, -0.15) is 0 Å². The Morgan fingerprint density at radius 1 is 1.08 bits per heavy atom. The van der Waals surface area contributed by atoms with Crippen LogP contribution in [0, 0.1) is 5.82 Å². The van der Waals surface area contributed by atoms with Gasteiger partial charge < -0.3 is 38.7 Å². The van der Waals surface area contributed by atoms with Crippen LogP contribution in [-0.4, -0.2) is 30.2 Å². The Hall–Kier alpha value is 0.676. The molecule has 12 heavy (non-hydrogen) atoms. The van der Waals surface area contributed by atoms with Gasteiger partial charge in [-0.05, 0) is 24.3 Å². The van der Waals surface area contributed by atoms with Crippen LogP contribution >= 0.6 is 0 Å². The van der Waals surface area contributed by atoms with Crippen molar-refractivity contribution >= 4 is 23.1 Å². The minimum atomic E-state index is -0.240. The van der Waals surface area contributed by atoms with Crippen LogP contribution in [0.2, 0.25) is 0 Å². The zero-order valence-electron chi connectivity index (χ0n) is 6.56. The molecule has 0 radical (unpaired) electrons. The number of ether oxygens (including phenoxy) is 1. The quantitative estimate of drug-likeness (QED) is 0.475. The molecule has 0 fully saturated rings. The molecule has 0 amide bonds. The fourth-order valence-electron chi connectivity index (χ4n) is 0.571. The predicted octanol–water partition coefficient (Wildman–Crippen LogP) is -4.54. The average Bonchev–Trinajstić information content (AvgIpc) is 1.90. The molecule has 0 aliphatic carbocycles. The molecule has 1 nitrogen and oxygen atoms in total.